The normalized spacial score (nSPS) is 11.8. The minimum Gasteiger partial charge on any atom is -0.497 e. The molecule has 1 atom stereocenters. The molecule has 0 unspecified atom stereocenters. The van der Waals surface area contributed by atoms with Crippen molar-refractivity contribution in [2.45, 2.75) is 33.2 Å². The van der Waals surface area contributed by atoms with Crippen molar-refractivity contribution in [3.05, 3.63) is 65.0 Å². The number of benzene rings is 2. The van der Waals surface area contributed by atoms with Crippen molar-refractivity contribution in [2.75, 3.05) is 13.7 Å². The van der Waals surface area contributed by atoms with E-state index in [1.165, 1.54) is 24.8 Å². The summed E-state index contributed by atoms with van der Waals surface area (Å²) in [5, 5.41) is 2.88. The molecule has 0 bridgehead atoms. The lowest BCUT2D eigenvalue weighted by Gasteiger charge is -2.23. The van der Waals surface area contributed by atoms with Crippen LogP contribution in [-0.4, -0.2) is 25.6 Å². The summed E-state index contributed by atoms with van der Waals surface area (Å²) in [6.45, 7) is 5.59. The van der Waals surface area contributed by atoms with Crippen molar-refractivity contribution in [1.82, 2.24) is 5.32 Å². The fraction of sp³-hybridized carbons (Fsp3) is 0.364. The van der Waals surface area contributed by atoms with Crippen molar-refractivity contribution >= 4 is 11.9 Å². The Kier molecular flexibility index (Phi) is 7.55. The van der Waals surface area contributed by atoms with Gasteiger partial charge < -0.3 is 14.8 Å². The Morgan fingerprint density at radius 3 is 2.32 bits per heavy atom. The molecule has 0 radical (unpaired) electrons. The van der Waals surface area contributed by atoms with E-state index in [1.54, 1.807) is 0 Å². The molecule has 0 aromatic heterocycles. The Bertz CT molecular complexity index is 818. The molecule has 6 heteroatoms. The van der Waals surface area contributed by atoms with Gasteiger partial charge in [-0.3, -0.25) is 4.79 Å². The first-order chi connectivity index (χ1) is 13.3. The van der Waals surface area contributed by atoms with Gasteiger partial charge in [0.25, 0.3) is 5.91 Å². The van der Waals surface area contributed by atoms with E-state index in [2.05, 4.69) is 12.2 Å². The number of nitrogens with one attached hydrogen (secondary N) is 1. The fourth-order valence-electron chi connectivity index (χ4n) is 2.81. The third-order valence-corrected chi connectivity index (χ3v) is 4.46. The van der Waals surface area contributed by atoms with Gasteiger partial charge in [-0.15, -0.1) is 0 Å². The number of amides is 1. The molecule has 0 fully saturated rings. The van der Waals surface area contributed by atoms with Gasteiger partial charge in [0, 0.05) is 6.07 Å². The summed E-state index contributed by atoms with van der Waals surface area (Å²) < 4.78 is 23.8. The van der Waals surface area contributed by atoms with E-state index in [9.17, 15) is 14.0 Å². The van der Waals surface area contributed by atoms with Gasteiger partial charge in [0.05, 0.1) is 18.7 Å². The van der Waals surface area contributed by atoms with Crippen LogP contribution in [0.5, 0.6) is 5.75 Å². The molecule has 0 aliphatic carbocycles. The lowest BCUT2D eigenvalue weighted by Crippen LogP contribution is -2.35. The van der Waals surface area contributed by atoms with Gasteiger partial charge in [-0.25, -0.2) is 9.18 Å². The highest BCUT2D eigenvalue weighted by Gasteiger charge is 2.20. The Hall–Kier alpha value is -2.89. The molecular formula is C22H26FNO4. The van der Waals surface area contributed by atoms with Crippen LogP contribution in [0.25, 0.3) is 0 Å². The number of hydrogen-bond donors (Lipinski definition) is 1. The van der Waals surface area contributed by atoms with Crippen molar-refractivity contribution in [3.63, 3.8) is 0 Å². The number of ether oxygens (including phenoxy) is 2. The van der Waals surface area contributed by atoms with E-state index in [0.29, 0.717) is 5.75 Å². The standard InChI is InChI=1S/C22H26FNO4/c1-5-15-6-8-16(9-7-15)21(14(2)3)24-20(25)13-28-22(26)18-11-10-17(27-4)12-19(18)23/h6-12,14,21H,5,13H2,1-4H3,(H,24,25)/t21-/m1/s1. The van der Waals surface area contributed by atoms with E-state index in [-0.39, 0.29) is 17.5 Å². The van der Waals surface area contributed by atoms with Gasteiger partial charge in [-0.2, -0.15) is 0 Å². The Labute approximate surface area is 164 Å². The Morgan fingerprint density at radius 1 is 1.11 bits per heavy atom. The van der Waals surface area contributed by atoms with Crippen molar-refractivity contribution in [1.29, 1.82) is 0 Å². The molecule has 0 spiro atoms. The number of hydrogen-bond acceptors (Lipinski definition) is 4. The lowest BCUT2D eigenvalue weighted by atomic mass is 9.95. The molecule has 28 heavy (non-hydrogen) atoms. The molecule has 5 nitrogen and oxygen atoms in total. The van der Waals surface area contributed by atoms with Crippen LogP contribution in [0.2, 0.25) is 0 Å². The first-order valence-corrected chi connectivity index (χ1v) is 9.24. The van der Waals surface area contributed by atoms with Crippen LogP contribution >= 0.6 is 0 Å². The third kappa shape index (κ3) is 5.55. The zero-order valence-corrected chi connectivity index (χ0v) is 16.6. The second-order valence-corrected chi connectivity index (χ2v) is 6.81. The monoisotopic (exact) mass is 387 g/mol. The SMILES string of the molecule is CCc1ccc([C@H](NC(=O)COC(=O)c2ccc(OC)cc2F)C(C)C)cc1. The van der Waals surface area contributed by atoms with Gasteiger partial charge in [0.1, 0.15) is 11.6 Å². The van der Waals surface area contributed by atoms with Gasteiger partial charge in [0.2, 0.25) is 0 Å². The molecule has 0 saturated heterocycles. The average Bonchev–Trinajstić information content (AvgIpc) is 2.70. The maximum atomic E-state index is 13.9. The molecule has 0 aliphatic heterocycles. The molecule has 1 amide bonds. The summed E-state index contributed by atoms with van der Waals surface area (Å²) >= 11 is 0. The first-order valence-electron chi connectivity index (χ1n) is 9.24. The van der Waals surface area contributed by atoms with Crippen LogP contribution in [-0.2, 0) is 16.0 Å². The largest absolute Gasteiger partial charge is 0.497 e. The highest BCUT2D eigenvalue weighted by Crippen LogP contribution is 2.22. The van der Waals surface area contributed by atoms with Crippen LogP contribution in [0.3, 0.4) is 0 Å². The van der Waals surface area contributed by atoms with E-state index in [0.717, 1.165) is 18.1 Å². The molecule has 2 rings (SSSR count). The maximum absolute atomic E-state index is 13.9. The highest BCUT2D eigenvalue weighted by atomic mass is 19.1. The number of esters is 1. The summed E-state index contributed by atoms with van der Waals surface area (Å²) in [4.78, 5) is 24.3. The smallest absolute Gasteiger partial charge is 0.341 e. The molecule has 2 aromatic carbocycles. The van der Waals surface area contributed by atoms with Crippen LogP contribution in [0.4, 0.5) is 4.39 Å². The summed E-state index contributed by atoms with van der Waals surface area (Å²) in [5.41, 5.74) is 1.95. The van der Waals surface area contributed by atoms with E-state index < -0.39 is 24.3 Å². The van der Waals surface area contributed by atoms with Crippen LogP contribution in [0, 0.1) is 11.7 Å². The van der Waals surface area contributed by atoms with Crippen LogP contribution in [0.1, 0.15) is 48.3 Å². The Balaban J connectivity index is 1.98. The predicted molar refractivity (Wildman–Crippen MR) is 105 cm³/mol. The quantitative estimate of drug-likeness (QED) is 0.694. The van der Waals surface area contributed by atoms with Crippen molar-refractivity contribution in [3.8, 4) is 5.75 Å². The number of rotatable bonds is 8. The van der Waals surface area contributed by atoms with E-state index in [4.69, 9.17) is 9.47 Å². The first kappa shape index (κ1) is 21.4. The predicted octanol–water partition coefficient (Wildman–Crippen LogP) is 4.07. The zero-order valence-electron chi connectivity index (χ0n) is 16.6. The third-order valence-electron chi connectivity index (χ3n) is 4.46. The molecule has 0 heterocycles. The Morgan fingerprint density at radius 2 is 1.79 bits per heavy atom. The lowest BCUT2D eigenvalue weighted by molar-refractivity contribution is -0.125. The zero-order chi connectivity index (χ0) is 20.7. The fourth-order valence-corrected chi connectivity index (χ4v) is 2.81. The minimum absolute atomic E-state index is 0.145. The van der Waals surface area contributed by atoms with Gasteiger partial charge in [0.15, 0.2) is 6.61 Å². The van der Waals surface area contributed by atoms with Gasteiger partial charge in [-0.1, -0.05) is 45.0 Å². The average molecular weight is 387 g/mol. The van der Waals surface area contributed by atoms with Gasteiger partial charge >= 0.3 is 5.97 Å². The molecule has 0 saturated carbocycles. The van der Waals surface area contributed by atoms with E-state index in [1.807, 2.05) is 38.1 Å². The topological polar surface area (TPSA) is 64.6 Å². The van der Waals surface area contributed by atoms with Gasteiger partial charge in [-0.05, 0) is 35.6 Å². The highest BCUT2D eigenvalue weighted by molar-refractivity contribution is 5.91. The second-order valence-electron chi connectivity index (χ2n) is 6.81. The van der Waals surface area contributed by atoms with Crippen molar-refractivity contribution < 1.29 is 23.5 Å². The van der Waals surface area contributed by atoms with E-state index >= 15 is 0 Å². The number of carbonyl (C=O) groups excluding carboxylic acids is 2. The molecular weight excluding hydrogens is 361 g/mol. The molecule has 2 aromatic rings. The molecule has 150 valence electrons. The van der Waals surface area contributed by atoms with Crippen LogP contribution in [0.15, 0.2) is 42.5 Å². The molecule has 0 aliphatic rings. The summed E-state index contributed by atoms with van der Waals surface area (Å²) in [5.74, 6) is -1.67. The number of aryl methyl sites for hydroxylation is 1. The summed E-state index contributed by atoms with van der Waals surface area (Å²) in [7, 11) is 1.40. The number of methoxy groups -OCH3 is 1. The minimum atomic E-state index is -0.899. The van der Waals surface area contributed by atoms with Crippen LogP contribution < -0.4 is 10.1 Å². The number of carbonyl (C=O) groups is 2. The van der Waals surface area contributed by atoms with Crippen molar-refractivity contribution in [2.24, 2.45) is 5.92 Å². The molecule has 1 N–H and O–H groups in total. The summed E-state index contributed by atoms with van der Waals surface area (Å²) in [6, 6.07) is 11.6. The summed E-state index contributed by atoms with van der Waals surface area (Å²) in [6.07, 6.45) is 0.941. The number of halogens is 1. The maximum Gasteiger partial charge on any atom is 0.341 e. The second kappa shape index (κ2) is 9.88.